The third kappa shape index (κ3) is 2.94. The summed E-state index contributed by atoms with van der Waals surface area (Å²) in [6.45, 7) is 0. The molecule has 0 saturated heterocycles. The molecule has 7 rings (SSSR count). The smallest absolute Gasteiger partial charge is 0.0541 e. The van der Waals surface area contributed by atoms with Gasteiger partial charge in [-0.1, -0.05) is 66.7 Å². The first-order valence-corrected chi connectivity index (χ1v) is 11.9. The summed E-state index contributed by atoms with van der Waals surface area (Å²) >= 11 is 1.85. The predicted octanol–water partition coefficient (Wildman–Crippen LogP) is 8.90. The highest BCUT2D eigenvalue weighted by molar-refractivity contribution is 7.25. The van der Waals surface area contributed by atoms with Crippen LogP contribution in [0, 0.1) is 0 Å². The molecule has 1 N–H and O–H groups in total. The van der Waals surface area contributed by atoms with E-state index in [0.29, 0.717) is 0 Å². The Labute approximate surface area is 195 Å². The minimum atomic E-state index is 1.08. The standard InChI is InChI=1S/C30H20N2S/c1-4-13-27-23(10-1)24-11-2-5-14-28(24)32(27)22-9-7-8-20(18-22)31-21-16-17-26-25-12-3-6-15-29(25)33-30(26)19-21/h1-19,31H. The van der Waals surface area contributed by atoms with Gasteiger partial charge >= 0.3 is 0 Å². The fourth-order valence-electron chi connectivity index (χ4n) is 4.89. The Hall–Kier alpha value is -4.08. The van der Waals surface area contributed by atoms with Crippen molar-refractivity contribution in [3.8, 4) is 5.69 Å². The van der Waals surface area contributed by atoms with E-state index in [4.69, 9.17) is 0 Å². The lowest BCUT2D eigenvalue weighted by molar-refractivity contribution is 1.18. The van der Waals surface area contributed by atoms with Gasteiger partial charge < -0.3 is 9.88 Å². The quantitative estimate of drug-likeness (QED) is 0.290. The van der Waals surface area contributed by atoms with E-state index in [9.17, 15) is 0 Å². The minimum Gasteiger partial charge on any atom is -0.355 e. The molecule has 2 nitrogen and oxygen atoms in total. The Morgan fingerprint density at radius 3 is 1.91 bits per heavy atom. The van der Waals surface area contributed by atoms with Crippen LogP contribution in [0.3, 0.4) is 0 Å². The van der Waals surface area contributed by atoms with Crippen molar-refractivity contribution in [1.82, 2.24) is 4.57 Å². The Kier molecular flexibility index (Phi) is 4.05. The van der Waals surface area contributed by atoms with Crippen molar-refractivity contribution >= 4 is 64.7 Å². The van der Waals surface area contributed by atoms with Gasteiger partial charge in [0.05, 0.1) is 11.0 Å². The van der Waals surface area contributed by atoms with Crippen LogP contribution in [0.5, 0.6) is 0 Å². The zero-order valence-electron chi connectivity index (χ0n) is 17.8. The molecule has 0 radical (unpaired) electrons. The molecule has 0 aliphatic carbocycles. The Morgan fingerprint density at radius 1 is 0.485 bits per heavy atom. The molecule has 0 unspecified atom stereocenters. The van der Waals surface area contributed by atoms with Crippen LogP contribution >= 0.6 is 11.3 Å². The van der Waals surface area contributed by atoms with Crippen LogP contribution in [0.15, 0.2) is 115 Å². The van der Waals surface area contributed by atoms with Crippen LogP contribution in [0.4, 0.5) is 11.4 Å². The number of para-hydroxylation sites is 2. The molecule has 0 saturated carbocycles. The summed E-state index contributed by atoms with van der Waals surface area (Å²) in [7, 11) is 0. The van der Waals surface area contributed by atoms with E-state index in [0.717, 1.165) is 17.1 Å². The third-order valence-electron chi connectivity index (χ3n) is 6.35. The molecule has 2 aromatic heterocycles. The highest BCUT2D eigenvalue weighted by Gasteiger charge is 2.12. The number of benzene rings is 5. The van der Waals surface area contributed by atoms with Gasteiger partial charge in [-0.25, -0.2) is 0 Å². The summed E-state index contributed by atoms with van der Waals surface area (Å²) in [5, 5.41) is 8.84. The minimum absolute atomic E-state index is 1.08. The molecule has 3 heteroatoms. The maximum atomic E-state index is 3.63. The molecule has 0 spiro atoms. The van der Waals surface area contributed by atoms with E-state index in [2.05, 4.69) is 125 Å². The number of hydrogen-bond donors (Lipinski definition) is 1. The van der Waals surface area contributed by atoms with Gasteiger partial charge in [0.1, 0.15) is 0 Å². The lowest BCUT2D eigenvalue weighted by Gasteiger charge is -2.12. The van der Waals surface area contributed by atoms with Crippen molar-refractivity contribution in [2.75, 3.05) is 5.32 Å². The molecule has 0 fully saturated rings. The summed E-state index contributed by atoms with van der Waals surface area (Å²) in [4.78, 5) is 0. The van der Waals surface area contributed by atoms with Crippen molar-refractivity contribution < 1.29 is 0 Å². The number of thiophene rings is 1. The topological polar surface area (TPSA) is 17.0 Å². The Bertz CT molecular complexity index is 1750. The monoisotopic (exact) mass is 440 g/mol. The molecule has 7 aromatic rings. The van der Waals surface area contributed by atoms with Gasteiger partial charge in [0.2, 0.25) is 0 Å². The SMILES string of the molecule is c1cc(Nc2ccc3c(c2)sc2ccccc23)cc(-n2c3ccccc3c3ccccc32)c1. The van der Waals surface area contributed by atoms with Crippen molar-refractivity contribution in [3.05, 3.63) is 115 Å². The van der Waals surface area contributed by atoms with E-state index in [-0.39, 0.29) is 0 Å². The fourth-order valence-corrected chi connectivity index (χ4v) is 6.04. The first-order valence-electron chi connectivity index (χ1n) is 11.1. The number of aromatic nitrogens is 1. The number of nitrogens with one attached hydrogen (secondary N) is 1. The van der Waals surface area contributed by atoms with Crippen molar-refractivity contribution in [2.24, 2.45) is 0 Å². The lowest BCUT2D eigenvalue weighted by Crippen LogP contribution is -1.96. The van der Waals surface area contributed by atoms with Crippen LogP contribution < -0.4 is 5.32 Å². The third-order valence-corrected chi connectivity index (χ3v) is 7.49. The highest BCUT2D eigenvalue weighted by atomic mass is 32.1. The zero-order valence-corrected chi connectivity index (χ0v) is 18.6. The Balaban J connectivity index is 1.33. The average Bonchev–Trinajstić information content (AvgIpc) is 3.39. The zero-order chi connectivity index (χ0) is 21.8. The second-order valence-corrected chi connectivity index (χ2v) is 9.44. The van der Waals surface area contributed by atoms with Gasteiger partial charge in [-0.3, -0.25) is 0 Å². The van der Waals surface area contributed by atoms with Crippen LogP contribution in [0.2, 0.25) is 0 Å². The van der Waals surface area contributed by atoms with Crippen molar-refractivity contribution in [3.63, 3.8) is 0 Å². The number of hydrogen-bond acceptors (Lipinski definition) is 2. The van der Waals surface area contributed by atoms with Crippen LogP contribution in [-0.4, -0.2) is 4.57 Å². The number of anilines is 2. The Morgan fingerprint density at radius 2 is 1.12 bits per heavy atom. The molecule has 2 heterocycles. The van der Waals surface area contributed by atoms with E-state index in [1.807, 2.05) is 11.3 Å². The molecular formula is C30H20N2S. The predicted molar refractivity (Wildman–Crippen MR) is 143 cm³/mol. The first-order chi connectivity index (χ1) is 16.3. The van der Waals surface area contributed by atoms with Crippen molar-refractivity contribution in [2.45, 2.75) is 0 Å². The second-order valence-electron chi connectivity index (χ2n) is 8.35. The molecule has 0 bridgehead atoms. The van der Waals surface area contributed by atoms with Crippen LogP contribution in [-0.2, 0) is 0 Å². The molecule has 33 heavy (non-hydrogen) atoms. The van der Waals surface area contributed by atoms with Crippen molar-refractivity contribution in [1.29, 1.82) is 0 Å². The number of fused-ring (bicyclic) bond motifs is 6. The van der Waals surface area contributed by atoms with Crippen LogP contribution in [0.25, 0.3) is 47.7 Å². The number of rotatable bonds is 3. The largest absolute Gasteiger partial charge is 0.355 e. The van der Waals surface area contributed by atoms with Gasteiger partial charge in [-0.15, -0.1) is 11.3 Å². The summed E-state index contributed by atoms with van der Waals surface area (Å²) in [6.07, 6.45) is 0. The van der Waals surface area contributed by atoms with E-state index in [1.54, 1.807) is 0 Å². The van der Waals surface area contributed by atoms with E-state index in [1.165, 1.54) is 42.0 Å². The summed E-state index contributed by atoms with van der Waals surface area (Å²) < 4.78 is 4.99. The summed E-state index contributed by atoms with van der Waals surface area (Å²) in [5.41, 5.74) is 5.79. The van der Waals surface area contributed by atoms with E-state index >= 15 is 0 Å². The molecule has 0 aliphatic heterocycles. The second kappa shape index (κ2) is 7.22. The van der Waals surface area contributed by atoms with Gasteiger partial charge in [0.25, 0.3) is 0 Å². The first kappa shape index (κ1) is 18.5. The molecular weight excluding hydrogens is 420 g/mol. The maximum absolute atomic E-state index is 3.63. The van der Waals surface area contributed by atoms with Crippen LogP contribution in [0.1, 0.15) is 0 Å². The number of nitrogens with zero attached hydrogens (tertiary/aromatic N) is 1. The lowest BCUT2D eigenvalue weighted by atomic mass is 10.1. The molecule has 0 aliphatic rings. The summed E-state index contributed by atoms with van der Waals surface area (Å²) in [6, 6.07) is 41.2. The van der Waals surface area contributed by atoms with Gasteiger partial charge in [0.15, 0.2) is 0 Å². The molecule has 0 atom stereocenters. The molecule has 0 amide bonds. The van der Waals surface area contributed by atoms with E-state index < -0.39 is 0 Å². The van der Waals surface area contributed by atoms with Gasteiger partial charge in [-0.05, 0) is 48.5 Å². The van der Waals surface area contributed by atoms with Gasteiger partial charge in [0, 0.05) is 48.0 Å². The molecule has 5 aromatic carbocycles. The highest BCUT2D eigenvalue weighted by Crippen LogP contribution is 2.36. The average molecular weight is 441 g/mol. The normalized spacial score (nSPS) is 11.6. The summed E-state index contributed by atoms with van der Waals surface area (Å²) in [5.74, 6) is 0. The fraction of sp³-hybridized carbons (Fsp3) is 0. The molecule has 156 valence electrons. The van der Waals surface area contributed by atoms with Gasteiger partial charge in [-0.2, -0.15) is 0 Å². The maximum Gasteiger partial charge on any atom is 0.0541 e.